The third kappa shape index (κ3) is 1.80. The van der Waals surface area contributed by atoms with E-state index in [-0.39, 0.29) is 0 Å². The Bertz CT molecular complexity index is 462. The van der Waals surface area contributed by atoms with Crippen molar-refractivity contribution in [1.82, 2.24) is 19.6 Å². The van der Waals surface area contributed by atoms with Crippen LogP contribution in [0.4, 0.5) is 0 Å². The number of nitrogens with zero attached hydrogens (tertiary/aromatic N) is 4. The third-order valence-electron chi connectivity index (χ3n) is 1.70. The van der Waals surface area contributed by atoms with Crippen LogP contribution in [-0.4, -0.2) is 35.8 Å². The molecule has 0 fully saturated rings. The molecule has 1 N–H and O–H groups in total. The number of nitrogens with one attached hydrogen (secondary N) is 1. The smallest absolute Gasteiger partial charge is 0.209 e. The van der Waals surface area contributed by atoms with E-state index >= 15 is 0 Å². The topological polar surface area (TPSA) is 89.2 Å². The Morgan fingerprint density at radius 3 is 3.21 bits per heavy atom. The summed E-state index contributed by atoms with van der Waals surface area (Å²) in [6.07, 6.45) is 5.55. The maximum Gasteiger partial charge on any atom is 0.209 e. The number of aromatic nitrogens is 3. The fraction of sp³-hybridized carbons (Fsp3) is 0.500. The maximum atomic E-state index is 11.0. The number of hydrogen-bond acceptors (Lipinski definition) is 5. The maximum absolute atomic E-state index is 11.0. The van der Waals surface area contributed by atoms with Crippen LogP contribution in [0.25, 0.3) is 0 Å². The molecular formula is C6H8N5O2S. The van der Waals surface area contributed by atoms with Gasteiger partial charge in [-0.15, -0.1) is 10.2 Å². The summed E-state index contributed by atoms with van der Waals surface area (Å²) in [7, 11) is -3.26. The Kier molecular flexibility index (Phi) is 2.08. The fourth-order valence-corrected chi connectivity index (χ4v) is 1.90. The van der Waals surface area contributed by atoms with E-state index < -0.39 is 16.1 Å². The van der Waals surface area contributed by atoms with E-state index in [0.717, 1.165) is 6.26 Å². The van der Waals surface area contributed by atoms with Gasteiger partial charge >= 0.3 is 0 Å². The van der Waals surface area contributed by atoms with Crippen molar-refractivity contribution in [2.45, 2.75) is 12.5 Å². The molecule has 2 rings (SSSR count). The van der Waals surface area contributed by atoms with Gasteiger partial charge in [0.2, 0.25) is 10.0 Å². The first-order valence-corrected chi connectivity index (χ1v) is 5.76. The lowest BCUT2D eigenvalue weighted by Crippen LogP contribution is -2.31. The molecule has 75 valence electrons. The van der Waals surface area contributed by atoms with Crippen LogP contribution in [-0.2, 0) is 10.0 Å². The summed E-state index contributed by atoms with van der Waals surface area (Å²) in [6.45, 7) is 0. The van der Waals surface area contributed by atoms with Crippen molar-refractivity contribution in [1.29, 1.82) is 0 Å². The number of fused-ring (bicyclic) bond motifs is 1. The van der Waals surface area contributed by atoms with Gasteiger partial charge in [-0.05, 0) is 0 Å². The summed E-state index contributed by atoms with van der Waals surface area (Å²) < 4.78 is 25.8. The van der Waals surface area contributed by atoms with Crippen LogP contribution in [0.15, 0.2) is 11.4 Å². The van der Waals surface area contributed by atoms with Crippen LogP contribution in [0.2, 0.25) is 0 Å². The minimum absolute atomic E-state index is 0.367. The lowest BCUT2D eigenvalue weighted by atomic mass is 10.2. The van der Waals surface area contributed by atoms with Gasteiger partial charge in [0.25, 0.3) is 0 Å². The van der Waals surface area contributed by atoms with Crippen molar-refractivity contribution >= 4 is 16.2 Å². The lowest BCUT2D eigenvalue weighted by molar-refractivity contribution is 0.539. The zero-order valence-electron chi connectivity index (χ0n) is 7.38. The molecule has 0 spiro atoms. The monoisotopic (exact) mass is 214 g/mol. The molecule has 0 bridgehead atoms. The van der Waals surface area contributed by atoms with E-state index in [2.05, 4.69) is 26.2 Å². The zero-order valence-corrected chi connectivity index (χ0v) is 8.19. The molecule has 8 heteroatoms. The Labute approximate surface area is 80.9 Å². The van der Waals surface area contributed by atoms with Gasteiger partial charge in [0.1, 0.15) is 6.33 Å². The fourth-order valence-electron chi connectivity index (χ4n) is 1.20. The zero-order chi connectivity index (χ0) is 10.2. The van der Waals surface area contributed by atoms with E-state index in [1.165, 1.54) is 11.0 Å². The highest BCUT2D eigenvalue weighted by Crippen LogP contribution is 2.17. The SMILES string of the molecule is CS(=O)(=O)NC1C[C]=Nn2cnnc21. The van der Waals surface area contributed by atoms with Crippen LogP contribution in [0, 0.1) is 0 Å². The molecule has 1 unspecified atom stereocenters. The first kappa shape index (κ1) is 9.28. The molecule has 0 saturated carbocycles. The second-order valence-electron chi connectivity index (χ2n) is 2.94. The molecular weight excluding hydrogens is 206 g/mol. The van der Waals surface area contributed by atoms with E-state index in [1.54, 1.807) is 0 Å². The molecule has 1 radical (unpaired) electrons. The van der Waals surface area contributed by atoms with Gasteiger partial charge in [-0.2, -0.15) is 5.10 Å². The second-order valence-corrected chi connectivity index (χ2v) is 4.72. The van der Waals surface area contributed by atoms with Gasteiger partial charge < -0.3 is 0 Å². The van der Waals surface area contributed by atoms with Crippen LogP contribution in [0.1, 0.15) is 18.3 Å². The first-order chi connectivity index (χ1) is 6.56. The number of sulfonamides is 1. The molecule has 0 saturated heterocycles. The van der Waals surface area contributed by atoms with Gasteiger partial charge in [-0.1, -0.05) is 0 Å². The summed E-state index contributed by atoms with van der Waals surface area (Å²) >= 11 is 0. The summed E-state index contributed by atoms with van der Waals surface area (Å²) in [5.74, 6) is 0.481. The Balaban J connectivity index is 2.29. The lowest BCUT2D eigenvalue weighted by Gasteiger charge is -2.16. The largest absolute Gasteiger partial charge is 0.213 e. The van der Waals surface area contributed by atoms with Gasteiger partial charge in [0.05, 0.1) is 18.5 Å². The Morgan fingerprint density at radius 1 is 1.71 bits per heavy atom. The van der Waals surface area contributed by atoms with Crippen LogP contribution >= 0.6 is 0 Å². The standard InChI is InChI=1S/C6H8N5O2S/c1-14(12,13)10-5-2-3-8-11-4-7-9-6(5)11/h4-5,10H,2H2,1H3. The van der Waals surface area contributed by atoms with Gasteiger partial charge in [-0.25, -0.2) is 17.8 Å². The van der Waals surface area contributed by atoms with E-state index in [4.69, 9.17) is 0 Å². The predicted molar refractivity (Wildman–Crippen MR) is 48.2 cm³/mol. The molecule has 1 aliphatic heterocycles. The Morgan fingerprint density at radius 2 is 2.50 bits per heavy atom. The summed E-state index contributed by atoms with van der Waals surface area (Å²) in [4.78, 5) is 0. The molecule has 1 aromatic rings. The quantitative estimate of drug-likeness (QED) is 0.682. The molecule has 2 heterocycles. The molecule has 1 aliphatic rings. The average molecular weight is 214 g/mol. The highest BCUT2D eigenvalue weighted by molar-refractivity contribution is 7.88. The minimum atomic E-state index is -3.26. The molecule has 1 aromatic heterocycles. The van der Waals surface area contributed by atoms with Crippen LogP contribution < -0.4 is 4.72 Å². The summed E-state index contributed by atoms with van der Waals surface area (Å²) in [5.41, 5.74) is 0. The van der Waals surface area contributed by atoms with Crippen LogP contribution in [0.5, 0.6) is 0 Å². The van der Waals surface area contributed by atoms with Crippen molar-refractivity contribution in [3.05, 3.63) is 12.2 Å². The highest BCUT2D eigenvalue weighted by Gasteiger charge is 2.23. The van der Waals surface area contributed by atoms with Crippen LogP contribution in [0.3, 0.4) is 0 Å². The average Bonchev–Trinajstić information content (AvgIpc) is 2.49. The van der Waals surface area contributed by atoms with Gasteiger partial charge in [0.15, 0.2) is 5.82 Å². The van der Waals surface area contributed by atoms with E-state index in [0.29, 0.717) is 12.2 Å². The highest BCUT2D eigenvalue weighted by atomic mass is 32.2. The van der Waals surface area contributed by atoms with E-state index in [9.17, 15) is 8.42 Å². The second kappa shape index (κ2) is 3.14. The predicted octanol–water partition coefficient (Wildman–Crippen LogP) is -1.02. The van der Waals surface area contributed by atoms with Crippen molar-refractivity contribution in [3.8, 4) is 0 Å². The molecule has 0 aliphatic carbocycles. The first-order valence-electron chi connectivity index (χ1n) is 3.87. The molecule has 0 aromatic carbocycles. The summed E-state index contributed by atoms with van der Waals surface area (Å²) in [6, 6.07) is -0.426. The minimum Gasteiger partial charge on any atom is -0.213 e. The normalized spacial score (nSPS) is 20.8. The van der Waals surface area contributed by atoms with Gasteiger partial charge in [-0.3, -0.25) is 0 Å². The molecule has 7 nitrogen and oxygen atoms in total. The molecule has 14 heavy (non-hydrogen) atoms. The third-order valence-corrected chi connectivity index (χ3v) is 2.41. The van der Waals surface area contributed by atoms with Gasteiger partial charge in [0, 0.05) is 6.42 Å². The number of hydrogen-bond donors (Lipinski definition) is 1. The molecule has 1 atom stereocenters. The van der Waals surface area contributed by atoms with E-state index in [1.807, 2.05) is 0 Å². The summed E-state index contributed by atoms with van der Waals surface area (Å²) in [5, 5.41) is 11.2. The van der Waals surface area contributed by atoms with Crippen molar-refractivity contribution in [3.63, 3.8) is 0 Å². The Hall–Kier alpha value is -1.28. The number of rotatable bonds is 2. The van der Waals surface area contributed by atoms with Crippen molar-refractivity contribution in [2.24, 2.45) is 5.10 Å². The van der Waals surface area contributed by atoms with Crippen molar-refractivity contribution in [2.75, 3.05) is 6.26 Å². The van der Waals surface area contributed by atoms with Crippen molar-refractivity contribution < 1.29 is 8.42 Å². The molecule has 0 amide bonds.